The minimum absolute atomic E-state index is 0.0569. The summed E-state index contributed by atoms with van der Waals surface area (Å²) in [5.74, 6) is 0.597. The third-order valence-electron chi connectivity index (χ3n) is 4.22. The second-order valence-electron chi connectivity index (χ2n) is 6.56. The van der Waals surface area contributed by atoms with E-state index in [2.05, 4.69) is 14.1 Å². The number of nitrogens with one attached hydrogen (secondary N) is 1. The van der Waals surface area contributed by atoms with Gasteiger partial charge in [0.05, 0.1) is 37.5 Å². The molecular weight excluding hydrogens is 382 g/mol. The fraction of sp³-hybridized carbons (Fsp3) is 0.300. The number of fused-ring (bicyclic) bond motifs is 1. The Morgan fingerprint density at radius 1 is 1.22 bits per heavy atom. The standard InChI is InChI=1S/C20H22ClN3O2S/c1-23(2)12-7-13-24(19(25)14-8-5-4-6-9-14)20-22-17-16(26-3)11-10-15(21)18(17)27-20/h4-6,8-11H,7,12-13H2,1-3H3/p+1. The molecule has 5 nitrogen and oxygen atoms in total. The topological polar surface area (TPSA) is 46.9 Å². The lowest BCUT2D eigenvalue weighted by Gasteiger charge is -2.20. The molecule has 0 atom stereocenters. The lowest BCUT2D eigenvalue weighted by atomic mass is 10.2. The van der Waals surface area contributed by atoms with Crippen LogP contribution in [0.5, 0.6) is 5.75 Å². The third kappa shape index (κ3) is 4.40. The maximum atomic E-state index is 13.2. The van der Waals surface area contributed by atoms with Gasteiger partial charge in [-0.05, 0) is 24.3 Å². The third-order valence-corrected chi connectivity index (χ3v) is 5.76. The number of nitrogens with zero attached hydrogens (tertiary/aromatic N) is 2. The molecule has 0 aliphatic carbocycles. The van der Waals surface area contributed by atoms with Crippen LogP contribution in [-0.2, 0) is 0 Å². The number of carbonyl (C=O) groups is 1. The van der Waals surface area contributed by atoms with Crippen molar-refractivity contribution in [3.8, 4) is 5.75 Å². The number of rotatable bonds is 7. The van der Waals surface area contributed by atoms with Crippen LogP contribution in [0.2, 0.25) is 5.02 Å². The summed E-state index contributed by atoms with van der Waals surface area (Å²) >= 11 is 7.77. The zero-order chi connectivity index (χ0) is 19.4. The lowest BCUT2D eigenvalue weighted by molar-refractivity contribution is -0.858. The van der Waals surface area contributed by atoms with Gasteiger partial charge in [0, 0.05) is 18.5 Å². The number of amides is 1. The zero-order valence-corrected chi connectivity index (χ0v) is 17.2. The fourth-order valence-electron chi connectivity index (χ4n) is 2.83. The number of ether oxygens (including phenoxy) is 1. The van der Waals surface area contributed by atoms with Gasteiger partial charge in [-0.1, -0.05) is 41.1 Å². The Kier molecular flexibility index (Phi) is 6.31. The van der Waals surface area contributed by atoms with Gasteiger partial charge in [-0.15, -0.1) is 0 Å². The van der Waals surface area contributed by atoms with Gasteiger partial charge < -0.3 is 9.64 Å². The van der Waals surface area contributed by atoms with Crippen LogP contribution in [0.4, 0.5) is 5.13 Å². The summed E-state index contributed by atoms with van der Waals surface area (Å²) in [7, 11) is 5.81. The van der Waals surface area contributed by atoms with Crippen LogP contribution < -0.4 is 14.5 Å². The van der Waals surface area contributed by atoms with Gasteiger partial charge in [-0.2, -0.15) is 0 Å². The van der Waals surface area contributed by atoms with Crippen LogP contribution in [0.3, 0.4) is 0 Å². The number of methoxy groups -OCH3 is 1. The van der Waals surface area contributed by atoms with E-state index < -0.39 is 0 Å². The Morgan fingerprint density at radius 2 is 1.96 bits per heavy atom. The van der Waals surface area contributed by atoms with Crippen molar-refractivity contribution in [1.29, 1.82) is 0 Å². The van der Waals surface area contributed by atoms with Crippen molar-refractivity contribution in [2.45, 2.75) is 6.42 Å². The Bertz CT molecular complexity index is 928. The quantitative estimate of drug-likeness (QED) is 0.658. The van der Waals surface area contributed by atoms with Crippen LogP contribution in [0.1, 0.15) is 16.8 Å². The Hall–Kier alpha value is -2.15. The van der Waals surface area contributed by atoms with E-state index in [1.165, 1.54) is 16.2 Å². The van der Waals surface area contributed by atoms with Crippen LogP contribution in [0.15, 0.2) is 42.5 Å². The smallest absolute Gasteiger partial charge is 0.260 e. The maximum Gasteiger partial charge on any atom is 0.260 e. The number of hydrogen-bond acceptors (Lipinski definition) is 4. The lowest BCUT2D eigenvalue weighted by Crippen LogP contribution is -3.05. The first-order valence-electron chi connectivity index (χ1n) is 8.80. The van der Waals surface area contributed by atoms with Gasteiger partial charge in [0.2, 0.25) is 0 Å². The molecule has 0 unspecified atom stereocenters. The number of quaternary nitrogens is 1. The van der Waals surface area contributed by atoms with Crippen LogP contribution >= 0.6 is 22.9 Å². The van der Waals surface area contributed by atoms with Crippen molar-refractivity contribution in [3.05, 3.63) is 53.1 Å². The van der Waals surface area contributed by atoms with Crippen LogP contribution in [-0.4, -0.2) is 45.2 Å². The van der Waals surface area contributed by atoms with Crippen molar-refractivity contribution >= 4 is 44.2 Å². The van der Waals surface area contributed by atoms with Gasteiger partial charge in [-0.25, -0.2) is 4.98 Å². The van der Waals surface area contributed by atoms with Gasteiger partial charge >= 0.3 is 0 Å². The molecule has 1 heterocycles. The highest BCUT2D eigenvalue weighted by Gasteiger charge is 2.23. The van der Waals surface area contributed by atoms with Crippen molar-refractivity contribution in [2.24, 2.45) is 0 Å². The molecule has 0 saturated heterocycles. The molecule has 0 spiro atoms. The molecule has 0 saturated carbocycles. The monoisotopic (exact) mass is 404 g/mol. The molecule has 2 aromatic carbocycles. The molecule has 0 aliphatic rings. The van der Waals surface area contributed by atoms with E-state index in [0.29, 0.717) is 33.5 Å². The second-order valence-corrected chi connectivity index (χ2v) is 7.94. The molecule has 0 radical (unpaired) electrons. The molecule has 142 valence electrons. The molecule has 0 aliphatic heterocycles. The van der Waals surface area contributed by atoms with E-state index in [9.17, 15) is 4.79 Å². The zero-order valence-electron chi connectivity index (χ0n) is 15.7. The van der Waals surface area contributed by atoms with Gasteiger partial charge in [0.15, 0.2) is 5.13 Å². The molecule has 27 heavy (non-hydrogen) atoms. The van der Waals surface area contributed by atoms with Crippen LogP contribution in [0.25, 0.3) is 10.2 Å². The van der Waals surface area contributed by atoms with Gasteiger partial charge in [0.25, 0.3) is 5.91 Å². The number of carbonyl (C=O) groups excluding carboxylic acids is 1. The minimum Gasteiger partial charge on any atom is -0.494 e. The number of halogens is 1. The first-order chi connectivity index (χ1) is 13.0. The summed E-state index contributed by atoms with van der Waals surface area (Å²) in [5.41, 5.74) is 1.33. The summed E-state index contributed by atoms with van der Waals surface area (Å²) in [5, 5.41) is 1.25. The van der Waals surface area contributed by atoms with Crippen molar-refractivity contribution in [2.75, 3.05) is 39.2 Å². The number of hydrogen-bond donors (Lipinski definition) is 1. The van der Waals surface area contributed by atoms with Crippen LogP contribution in [0, 0.1) is 0 Å². The highest BCUT2D eigenvalue weighted by Crippen LogP contribution is 2.39. The second kappa shape index (κ2) is 8.69. The summed E-state index contributed by atoms with van der Waals surface area (Å²) in [6.45, 7) is 1.56. The van der Waals surface area contributed by atoms with Gasteiger partial charge in [0.1, 0.15) is 11.3 Å². The average molecular weight is 405 g/mol. The molecule has 0 bridgehead atoms. The molecule has 7 heteroatoms. The van der Waals surface area contributed by atoms with E-state index in [4.69, 9.17) is 21.3 Å². The summed E-state index contributed by atoms with van der Waals surface area (Å²) in [6.07, 6.45) is 0.877. The molecule has 1 aromatic heterocycles. The Morgan fingerprint density at radius 3 is 2.63 bits per heavy atom. The molecular formula is C20H23ClN3O2S+. The predicted molar refractivity (Wildman–Crippen MR) is 112 cm³/mol. The molecule has 1 amide bonds. The van der Waals surface area contributed by atoms with Gasteiger partial charge in [-0.3, -0.25) is 9.69 Å². The Labute approximate surface area is 168 Å². The highest BCUT2D eigenvalue weighted by molar-refractivity contribution is 7.23. The SMILES string of the molecule is COc1ccc(Cl)c2sc(N(CCC[NH+](C)C)C(=O)c3ccccc3)nc12. The largest absolute Gasteiger partial charge is 0.494 e. The molecule has 3 aromatic rings. The Balaban J connectivity index is 2.00. The number of anilines is 1. The minimum atomic E-state index is -0.0569. The normalized spacial score (nSPS) is 11.1. The molecule has 0 fully saturated rings. The fourth-order valence-corrected chi connectivity index (χ4v) is 4.11. The van der Waals surface area contributed by atoms with E-state index in [1.807, 2.05) is 30.3 Å². The van der Waals surface area contributed by atoms with E-state index in [-0.39, 0.29) is 5.91 Å². The molecule has 3 rings (SSSR count). The van der Waals surface area contributed by atoms with Crippen molar-refractivity contribution in [3.63, 3.8) is 0 Å². The molecule has 1 N–H and O–H groups in total. The van der Waals surface area contributed by atoms with Crippen molar-refractivity contribution in [1.82, 2.24) is 4.98 Å². The summed E-state index contributed by atoms with van der Waals surface area (Å²) in [4.78, 5) is 20.9. The summed E-state index contributed by atoms with van der Waals surface area (Å²) < 4.78 is 6.24. The number of benzene rings is 2. The number of aromatic nitrogens is 1. The predicted octanol–water partition coefficient (Wildman–Crippen LogP) is 3.14. The van der Waals surface area contributed by atoms with E-state index in [0.717, 1.165) is 17.7 Å². The van der Waals surface area contributed by atoms with E-state index in [1.54, 1.807) is 24.1 Å². The first-order valence-corrected chi connectivity index (χ1v) is 9.99. The average Bonchev–Trinajstić information content (AvgIpc) is 3.11. The van der Waals surface area contributed by atoms with E-state index >= 15 is 0 Å². The first kappa shape index (κ1) is 19.6. The maximum absolute atomic E-state index is 13.2. The highest BCUT2D eigenvalue weighted by atomic mass is 35.5. The number of thiazole rings is 1. The summed E-state index contributed by atoms with van der Waals surface area (Å²) in [6, 6.07) is 12.9. The van der Waals surface area contributed by atoms with Crippen molar-refractivity contribution < 1.29 is 14.4 Å².